The Kier molecular flexibility index (Phi) is 5.20. The van der Waals surface area contributed by atoms with Crippen LogP contribution in [0.4, 0.5) is 11.8 Å². The minimum absolute atomic E-state index is 0.00828. The molecular weight excluding hydrogens is 408 g/mol. The summed E-state index contributed by atoms with van der Waals surface area (Å²) in [4.78, 5) is 7.94. The summed E-state index contributed by atoms with van der Waals surface area (Å²) < 4.78 is 6.48. The molecule has 0 fully saturated rings. The molecule has 0 aliphatic heterocycles. The van der Waals surface area contributed by atoms with Crippen molar-refractivity contribution >= 4 is 27.7 Å². The van der Waals surface area contributed by atoms with E-state index in [1.54, 1.807) is 30.3 Å². The molecule has 2 aromatic carbocycles. The van der Waals surface area contributed by atoms with Crippen LogP contribution >= 0.6 is 15.9 Å². The van der Waals surface area contributed by atoms with Gasteiger partial charge in [-0.25, -0.2) is 4.98 Å². The number of anilines is 2. The second kappa shape index (κ2) is 7.73. The van der Waals surface area contributed by atoms with Crippen LogP contribution in [-0.2, 0) is 6.61 Å². The van der Waals surface area contributed by atoms with Gasteiger partial charge >= 0.3 is 0 Å². The molecule has 7 nitrogen and oxygen atoms in total. The molecule has 0 radical (unpaired) electrons. The second-order valence-electron chi connectivity index (χ2n) is 5.51. The molecule has 4 N–H and O–H groups in total. The first-order valence-electron chi connectivity index (χ1n) is 7.77. The van der Waals surface area contributed by atoms with Gasteiger partial charge in [-0.3, -0.25) is 0 Å². The fourth-order valence-electron chi connectivity index (χ4n) is 2.49. The van der Waals surface area contributed by atoms with E-state index in [1.807, 2.05) is 18.2 Å². The number of nitrogen functional groups attached to an aromatic ring is 2. The zero-order chi connectivity index (χ0) is 19.4. The number of hydrogen-bond acceptors (Lipinski definition) is 7. The van der Waals surface area contributed by atoms with Gasteiger partial charge in [-0.2, -0.15) is 15.5 Å². The third-order valence-electron chi connectivity index (χ3n) is 3.79. The average Bonchev–Trinajstić information content (AvgIpc) is 2.66. The molecule has 1 heterocycles. The van der Waals surface area contributed by atoms with Gasteiger partial charge in [0.05, 0.1) is 21.8 Å². The highest BCUT2D eigenvalue weighted by atomic mass is 79.9. The second-order valence-corrected chi connectivity index (χ2v) is 6.36. The van der Waals surface area contributed by atoms with E-state index >= 15 is 0 Å². The number of aromatic nitrogens is 2. The smallest absolute Gasteiger partial charge is 0.222 e. The lowest BCUT2D eigenvalue weighted by Crippen LogP contribution is -2.05. The van der Waals surface area contributed by atoms with Crippen LogP contribution in [0.15, 0.2) is 46.9 Å². The van der Waals surface area contributed by atoms with Crippen molar-refractivity contribution in [2.24, 2.45) is 0 Å². The molecule has 27 heavy (non-hydrogen) atoms. The molecule has 0 aliphatic rings. The van der Waals surface area contributed by atoms with Gasteiger partial charge in [0.2, 0.25) is 5.95 Å². The maximum absolute atomic E-state index is 9.32. The summed E-state index contributed by atoms with van der Waals surface area (Å²) >= 11 is 3.46. The van der Waals surface area contributed by atoms with Crippen molar-refractivity contribution in [1.82, 2.24) is 9.97 Å². The van der Waals surface area contributed by atoms with E-state index in [4.69, 9.17) is 21.5 Å². The maximum atomic E-state index is 9.32. The van der Waals surface area contributed by atoms with Crippen molar-refractivity contribution in [3.05, 3.63) is 63.6 Å². The van der Waals surface area contributed by atoms with Crippen molar-refractivity contribution in [1.29, 1.82) is 10.5 Å². The first-order valence-corrected chi connectivity index (χ1v) is 8.56. The van der Waals surface area contributed by atoms with Crippen LogP contribution in [0, 0.1) is 22.7 Å². The Morgan fingerprint density at radius 3 is 2.52 bits per heavy atom. The molecule has 0 atom stereocenters. The molecule has 3 aromatic rings. The van der Waals surface area contributed by atoms with Gasteiger partial charge in [0.15, 0.2) is 0 Å². The van der Waals surface area contributed by atoms with E-state index in [9.17, 15) is 5.26 Å². The summed E-state index contributed by atoms with van der Waals surface area (Å²) in [6.07, 6.45) is 0. The molecule has 0 amide bonds. The molecule has 0 spiro atoms. The molecule has 0 aliphatic carbocycles. The lowest BCUT2D eigenvalue weighted by atomic mass is 10.1. The Morgan fingerprint density at radius 1 is 1.04 bits per heavy atom. The molecule has 0 saturated carbocycles. The summed E-state index contributed by atoms with van der Waals surface area (Å²) in [6, 6.07) is 16.6. The minimum Gasteiger partial charge on any atom is -0.488 e. The lowest BCUT2D eigenvalue weighted by Gasteiger charge is -2.12. The Morgan fingerprint density at radius 2 is 1.81 bits per heavy atom. The van der Waals surface area contributed by atoms with E-state index in [-0.39, 0.29) is 23.9 Å². The fourth-order valence-corrected chi connectivity index (χ4v) is 2.98. The Labute approximate surface area is 164 Å². The summed E-state index contributed by atoms with van der Waals surface area (Å²) in [5.74, 6) is 0.607. The summed E-state index contributed by atoms with van der Waals surface area (Å²) in [5, 5.41) is 18.5. The molecule has 0 saturated heterocycles. The van der Waals surface area contributed by atoms with Gasteiger partial charge in [-0.15, -0.1) is 0 Å². The maximum Gasteiger partial charge on any atom is 0.222 e. The number of nitriles is 2. The molecule has 132 valence electrons. The van der Waals surface area contributed by atoms with Gasteiger partial charge in [-0.05, 0) is 40.2 Å². The van der Waals surface area contributed by atoms with Gasteiger partial charge in [0.25, 0.3) is 0 Å². The monoisotopic (exact) mass is 420 g/mol. The third kappa shape index (κ3) is 3.81. The standard InChI is InChI=1S/C19H13BrN6O/c20-15-7-11(17-14(9-22)18(23)26-19(24)25-17)5-6-16(15)27-10-13-4-2-1-3-12(13)8-21/h1-7H,10H2,(H4,23,24,25,26). The molecule has 1 aromatic heterocycles. The number of rotatable bonds is 4. The van der Waals surface area contributed by atoms with Gasteiger partial charge in [-0.1, -0.05) is 18.2 Å². The van der Waals surface area contributed by atoms with Gasteiger partial charge < -0.3 is 16.2 Å². The largest absolute Gasteiger partial charge is 0.488 e. The molecule has 0 unspecified atom stereocenters. The van der Waals surface area contributed by atoms with E-state index in [2.05, 4.69) is 32.0 Å². The average molecular weight is 421 g/mol. The zero-order valence-corrected chi connectivity index (χ0v) is 15.6. The first-order chi connectivity index (χ1) is 13.0. The predicted molar refractivity (Wildman–Crippen MR) is 104 cm³/mol. The highest BCUT2D eigenvalue weighted by Gasteiger charge is 2.15. The van der Waals surface area contributed by atoms with Crippen molar-refractivity contribution in [2.75, 3.05) is 11.5 Å². The minimum atomic E-state index is -0.00828. The molecule has 8 heteroatoms. The van der Waals surface area contributed by atoms with Crippen molar-refractivity contribution in [3.8, 4) is 29.1 Å². The number of halogens is 1. The van der Waals surface area contributed by atoms with Crippen LogP contribution in [0.5, 0.6) is 5.75 Å². The van der Waals surface area contributed by atoms with E-state index in [0.29, 0.717) is 27.0 Å². The number of ether oxygens (including phenoxy) is 1. The SMILES string of the molecule is N#Cc1ccccc1COc1ccc(-c2nc(N)nc(N)c2C#N)cc1Br. The number of nitrogens with zero attached hydrogens (tertiary/aromatic N) is 4. The van der Waals surface area contributed by atoms with Crippen LogP contribution in [0.1, 0.15) is 16.7 Å². The zero-order valence-electron chi connectivity index (χ0n) is 14.0. The van der Waals surface area contributed by atoms with Crippen LogP contribution < -0.4 is 16.2 Å². The summed E-state index contributed by atoms with van der Waals surface area (Å²) in [6.45, 7) is 0.249. The lowest BCUT2D eigenvalue weighted by molar-refractivity contribution is 0.304. The van der Waals surface area contributed by atoms with Crippen molar-refractivity contribution in [2.45, 2.75) is 6.61 Å². The van der Waals surface area contributed by atoms with E-state index in [1.165, 1.54) is 0 Å². The normalized spacial score (nSPS) is 10.0. The molecule has 0 bridgehead atoms. The molecule has 3 rings (SSSR count). The van der Waals surface area contributed by atoms with E-state index in [0.717, 1.165) is 5.56 Å². The predicted octanol–water partition coefficient (Wildman–Crippen LogP) is 3.39. The van der Waals surface area contributed by atoms with Crippen LogP contribution in [0.2, 0.25) is 0 Å². The summed E-state index contributed by atoms with van der Waals surface area (Å²) in [5.41, 5.74) is 13.9. The highest BCUT2D eigenvalue weighted by Crippen LogP contribution is 2.33. The van der Waals surface area contributed by atoms with E-state index < -0.39 is 0 Å². The van der Waals surface area contributed by atoms with Crippen molar-refractivity contribution in [3.63, 3.8) is 0 Å². The topological polar surface area (TPSA) is 135 Å². The number of hydrogen-bond donors (Lipinski definition) is 2. The van der Waals surface area contributed by atoms with Crippen LogP contribution in [0.3, 0.4) is 0 Å². The van der Waals surface area contributed by atoms with Crippen LogP contribution in [-0.4, -0.2) is 9.97 Å². The quantitative estimate of drug-likeness (QED) is 0.659. The Balaban J connectivity index is 1.89. The number of nitrogens with two attached hydrogens (primary N) is 2. The van der Waals surface area contributed by atoms with Gasteiger partial charge in [0.1, 0.15) is 29.8 Å². The van der Waals surface area contributed by atoms with Crippen molar-refractivity contribution < 1.29 is 4.74 Å². The first kappa shape index (κ1) is 18.2. The number of benzene rings is 2. The van der Waals surface area contributed by atoms with Gasteiger partial charge in [0, 0.05) is 11.1 Å². The fraction of sp³-hybridized carbons (Fsp3) is 0.0526. The summed E-state index contributed by atoms with van der Waals surface area (Å²) in [7, 11) is 0. The van der Waals surface area contributed by atoms with Crippen LogP contribution in [0.25, 0.3) is 11.3 Å². The Bertz CT molecular complexity index is 1100. The third-order valence-corrected chi connectivity index (χ3v) is 4.41. The Hall–Kier alpha value is -3.62. The highest BCUT2D eigenvalue weighted by molar-refractivity contribution is 9.10. The molecular formula is C19H13BrN6O.